The maximum absolute atomic E-state index is 8.98. The largest absolute Gasteiger partial charge is 0.313 e. The maximum atomic E-state index is 8.98. The Hall–Kier alpha value is 2.05. The van der Waals surface area contributed by atoms with Crippen LogP contribution in [-0.4, -0.2) is 64.7 Å². The van der Waals surface area contributed by atoms with Crippen LogP contribution in [0.3, 0.4) is 0 Å². The fraction of sp³-hybridized carbons (Fsp3) is 0.900. The van der Waals surface area contributed by atoms with Crippen molar-refractivity contribution in [1.82, 2.24) is 0 Å². The van der Waals surface area contributed by atoms with Gasteiger partial charge < -0.3 is 0 Å². The first kappa shape index (κ1) is 31.4. The van der Waals surface area contributed by atoms with Gasteiger partial charge in [-0.15, -0.1) is 23.8 Å². The monoisotopic (exact) mass is 385 g/mol. The third-order valence-corrected chi connectivity index (χ3v) is 0. The zero-order valence-corrected chi connectivity index (χ0v) is 17.6. The van der Waals surface area contributed by atoms with Gasteiger partial charge in [0.15, 0.2) is 0 Å². The summed E-state index contributed by atoms with van der Waals surface area (Å²) in [5.74, 6) is 0. The molecule has 0 fully saturated rings. The molecule has 0 saturated heterocycles. The molecule has 0 unspecified atom stereocenters. The SMILES string of the molecule is CP(C)C.CP(C)C.CP(C)C.O=C(Cl)Cl.[Co]. The standard InChI is InChI=1S/3C3H9P.CCl2O.Co/c3*1-4(2)3;2-1(3)4;/h3*1-3H3;;. The molecule has 7 heteroatoms. The zero-order valence-electron chi connectivity index (χ0n) is 12.3. The number of carbonyl (C=O) groups is 1. The van der Waals surface area contributed by atoms with E-state index in [2.05, 4.69) is 83.2 Å². The first-order valence-corrected chi connectivity index (χ1v) is 13.4. The normalized spacial score (nSPS) is 7.88. The molecule has 111 valence electrons. The van der Waals surface area contributed by atoms with E-state index in [0.717, 1.165) is 0 Å². The van der Waals surface area contributed by atoms with Crippen molar-refractivity contribution < 1.29 is 21.6 Å². The summed E-state index contributed by atoms with van der Waals surface area (Å²) in [6.07, 6.45) is 0. The van der Waals surface area contributed by atoms with Crippen LogP contribution in [0.1, 0.15) is 0 Å². The van der Waals surface area contributed by atoms with Gasteiger partial charge in [0.2, 0.25) is 0 Å². The molecule has 0 saturated carbocycles. The van der Waals surface area contributed by atoms with Gasteiger partial charge in [-0.25, -0.2) is 0 Å². The van der Waals surface area contributed by atoms with Gasteiger partial charge in [0.25, 0.3) is 0 Å². The van der Waals surface area contributed by atoms with Crippen molar-refractivity contribution in [3.05, 3.63) is 0 Å². The summed E-state index contributed by atoms with van der Waals surface area (Å²) in [5.41, 5.74) is 0. The van der Waals surface area contributed by atoms with Crippen LogP contribution in [-0.2, 0) is 16.8 Å². The zero-order chi connectivity index (χ0) is 14.3. The van der Waals surface area contributed by atoms with Crippen LogP contribution < -0.4 is 0 Å². The van der Waals surface area contributed by atoms with Gasteiger partial charge in [0.1, 0.15) is 0 Å². The van der Waals surface area contributed by atoms with Crippen molar-refractivity contribution in [2.24, 2.45) is 0 Å². The van der Waals surface area contributed by atoms with Crippen LogP contribution in [0.4, 0.5) is 4.79 Å². The molecule has 0 aliphatic carbocycles. The fourth-order valence-corrected chi connectivity index (χ4v) is 0. The number of carbonyl (C=O) groups excluding carboxylic acids is 1. The van der Waals surface area contributed by atoms with Crippen molar-refractivity contribution in [2.75, 3.05) is 60.0 Å². The van der Waals surface area contributed by atoms with E-state index < -0.39 is 4.70 Å². The molecule has 0 N–H and O–H groups in total. The van der Waals surface area contributed by atoms with Gasteiger partial charge in [-0.05, 0) is 83.2 Å². The van der Waals surface area contributed by atoms with Gasteiger partial charge in [-0.3, -0.25) is 4.79 Å². The predicted octanol–water partition coefficient (Wildman–Crippen LogP) is 5.65. The Labute approximate surface area is 133 Å². The molecule has 0 atom stereocenters. The molecule has 0 spiro atoms. The molecule has 0 bridgehead atoms. The molecule has 0 aromatic carbocycles. The average Bonchev–Trinajstić information content (AvgIpc) is 1.76. The van der Waals surface area contributed by atoms with Crippen molar-refractivity contribution in [1.29, 1.82) is 0 Å². The van der Waals surface area contributed by atoms with Crippen LogP contribution in [0.5, 0.6) is 0 Å². The van der Waals surface area contributed by atoms with E-state index in [1.807, 2.05) is 0 Å². The molecular formula is C10H27Cl2CoOP3. The minimum atomic E-state index is -0.889. The van der Waals surface area contributed by atoms with E-state index >= 15 is 0 Å². The first-order valence-electron chi connectivity index (χ1n) is 4.61. The summed E-state index contributed by atoms with van der Waals surface area (Å²) in [6, 6.07) is 0. The minimum Gasteiger partial charge on any atom is -0.262 e. The summed E-state index contributed by atoms with van der Waals surface area (Å²) < 4.78 is -0.889. The van der Waals surface area contributed by atoms with Crippen LogP contribution in [0.15, 0.2) is 0 Å². The van der Waals surface area contributed by atoms with Gasteiger partial charge >= 0.3 is 4.70 Å². The summed E-state index contributed by atoms with van der Waals surface area (Å²) >= 11 is 8.80. The average molecular weight is 386 g/mol. The van der Waals surface area contributed by atoms with E-state index in [0.29, 0.717) is 23.8 Å². The maximum Gasteiger partial charge on any atom is 0.313 e. The molecule has 17 heavy (non-hydrogen) atoms. The van der Waals surface area contributed by atoms with Crippen molar-refractivity contribution in [3.63, 3.8) is 0 Å². The second-order valence-corrected chi connectivity index (χ2v) is 13.2. The fourth-order valence-electron chi connectivity index (χ4n) is 0. The van der Waals surface area contributed by atoms with Crippen LogP contribution in [0.2, 0.25) is 0 Å². The Morgan fingerprint density at radius 3 is 0.647 bits per heavy atom. The minimum absolute atomic E-state index is 0. The molecule has 0 heterocycles. The second kappa shape index (κ2) is 26.6. The smallest absolute Gasteiger partial charge is 0.262 e. The van der Waals surface area contributed by atoms with Crippen LogP contribution in [0, 0.1) is 0 Å². The molecular weight excluding hydrogens is 359 g/mol. The predicted molar refractivity (Wildman–Crippen MR) is 91.2 cm³/mol. The summed E-state index contributed by atoms with van der Waals surface area (Å²) in [4.78, 5) is 8.98. The molecule has 0 aromatic rings. The van der Waals surface area contributed by atoms with Crippen molar-refractivity contribution >= 4 is 51.7 Å². The third kappa shape index (κ3) is 1110. The van der Waals surface area contributed by atoms with E-state index in [1.165, 1.54) is 0 Å². The van der Waals surface area contributed by atoms with Crippen molar-refractivity contribution in [2.45, 2.75) is 0 Å². The van der Waals surface area contributed by atoms with E-state index in [1.54, 1.807) is 0 Å². The van der Waals surface area contributed by atoms with Gasteiger partial charge in [-0.1, -0.05) is 0 Å². The van der Waals surface area contributed by atoms with Crippen LogP contribution >= 0.6 is 47.0 Å². The summed E-state index contributed by atoms with van der Waals surface area (Å²) in [6.45, 7) is 20.1. The van der Waals surface area contributed by atoms with E-state index in [4.69, 9.17) is 4.79 Å². The molecule has 1 radical (unpaired) electrons. The molecule has 0 rings (SSSR count). The molecule has 0 aliphatic heterocycles. The van der Waals surface area contributed by atoms with Gasteiger partial charge in [-0.2, -0.15) is 0 Å². The Balaban J connectivity index is -0.0000000369. The van der Waals surface area contributed by atoms with Gasteiger partial charge in [0.05, 0.1) is 0 Å². The Morgan fingerprint density at radius 2 is 0.647 bits per heavy atom. The van der Waals surface area contributed by atoms with Gasteiger partial charge in [0, 0.05) is 16.8 Å². The topological polar surface area (TPSA) is 17.1 Å². The number of hydrogen-bond acceptors (Lipinski definition) is 1. The molecule has 0 aromatic heterocycles. The summed E-state index contributed by atoms with van der Waals surface area (Å²) in [5, 5.41) is 0. The first-order chi connectivity index (χ1) is 6.93. The Morgan fingerprint density at radius 1 is 0.647 bits per heavy atom. The van der Waals surface area contributed by atoms with Crippen LogP contribution in [0.25, 0.3) is 0 Å². The molecule has 0 aliphatic rings. The quantitative estimate of drug-likeness (QED) is 0.388. The third-order valence-electron chi connectivity index (χ3n) is 0. The molecule has 0 amide bonds. The Kier molecular flexibility index (Phi) is 49.2. The van der Waals surface area contributed by atoms with E-state index in [-0.39, 0.29) is 16.8 Å². The number of halogens is 2. The summed E-state index contributed by atoms with van der Waals surface area (Å²) in [7, 11) is 1.14. The Bertz CT molecular complexity index is 110. The van der Waals surface area contributed by atoms with E-state index in [9.17, 15) is 0 Å². The second-order valence-electron chi connectivity index (χ2n) is 4.25. The number of rotatable bonds is 0. The van der Waals surface area contributed by atoms with Crippen molar-refractivity contribution in [3.8, 4) is 0 Å². The number of hydrogen-bond donors (Lipinski definition) is 0. The molecule has 1 nitrogen and oxygen atoms in total.